The van der Waals surface area contributed by atoms with E-state index in [2.05, 4.69) is 27.6 Å². The van der Waals surface area contributed by atoms with Gasteiger partial charge in [0.15, 0.2) is 0 Å². The first-order valence-corrected chi connectivity index (χ1v) is 10.9. The van der Waals surface area contributed by atoms with Crippen molar-refractivity contribution in [1.29, 1.82) is 0 Å². The number of hydrogen-bond acceptors (Lipinski definition) is 7. The summed E-state index contributed by atoms with van der Waals surface area (Å²) >= 11 is 0. The maximum Gasteiger partial charge on any atom is 0.368 e. The summed E-state index contributed by atoms with van der Waals surface area (Å²) in [6.45, 7) is 8.11. The van der Waals surface area contributed by atoms with Crippen LogP contribution >= 0.6 is 0 Å². The molecular formula is C24H27N7O3. The van der Waals surface area contributed by atoms with Gasteiger partial charge in [0.2, 0.25) is 0 Å². The molecule has 2 aromatic carbocycles. The lowest BCUT2D eigenvalue weighted by atomic mass is 10.0. The first kappa shape index (κ1) is 23.0. The Hall–Kier alpha value is -4.21. The van der Waals surface area contributed by atoms with Gasteiger partial charge in [0.25, 0.3) is 0 Å². The number of rotatable bonds is 7. The van der Waals surface area contributed by atoms with Gasteiger partial charge in [0.1, 0.15) is 12.4 Å². The first-order valence-electron chi connectivity index (χ1n) is 10.9. The number of hydrogen-bond donors (Lipinski definition) is 1. The molecule has 0 radical (unpaired) electrons. The normalized spacial score (nSPS) is 11.4. The van der Waals surface area contributed by atoms with Crippen molar-refractivity contribution >= 4 is 6.21 Å². The van der Waals surface area contributed by atoms with E-state index < -0.39 is 0 Å². The van der Waals surface area contributed by atoms with Crippen molar-refractivity contribution in [2.75, 3.05) is 0 Å². The Kier molecular flexibility index (Phi) is 6.31. The van der Waals surface area contributed by atoms with Crippen LogP contribution in [-0.2, 0) is 20.1 Å². The molecule has 1 N–H and O–H groups in total. The van der Waals surface area contributed by atoms with Gasteiger partial charge in [-0.05, 0) is 73.0 Å². The molecule has 34 heavy (non-hydrogen) atoms. The molecule has 2 aromatic heterocycles. The van der Waals surface area contributed by atoms with E-state index in [-0.39, 0.29) is 12.3 Å². The zero-order chi connectivity index (χ0) is 24.4. The Balaban J connectivity index is 1.64. The maximum atomic E-state index is 12.4. The van der Waals surface area contributed by atoms with Gasteiger partial charge in [0, 0.05) is 18.2 Å². The van der Waals surface area contributed by atoms with Crippen LogP contribution in [0.4, 0.5) is 0 Å². The zero-order valence-electron chi connectivity index (χ0n) is 19.8. The lowest BCUT2D eigenvalue weighted by Crippen LogP contribution is -2.23. The van der Waals surface area contributed by atoms with Crippen LogP contribution in [0.2, 0.25) is 0 Å². The van der Waals surface area contributed by atoms with Crippen LogP contribution in [-0.4, -0.2) is 41.0 Å². The second-order valence-electron chi connectivity index (χ2n) is 8.04. The van der Waals surface area contributed by atoms with Crippen LogP contribution in [0.25, 0.3) is 11.4 Å². The standard InChI is InChI=1S/C24H27N7O3/c1-6-18-8-7-9-22(31-24(32)29(5)27-28-31)21(18)14-34-23-11-10-19(12-15(23)2)30-17(4)20(13-25-33)16(3)26-30/h7-13,33H,6,14H2,1-5H3/b25-13+. The Bertz CT molecular complexity index is 1430. The number of tetrazole rings is 1. The van der Waals surface area contributed by atoms with Crippen LogP contribution in [0.1, 0.15) is 40.6 Å². The highest BCUT2D eigenvalue weighted by molar-refractivity contribution is 5.82. The molecule has 0 amide bonds. The second kappa shape index (κ2) is 9.34. The third-order valence-electron chi connectivity index (χ3n) is 5.89. The van der Waals surface area contributed by atoms with E-state index in [4.69, 9.17) is 9.94 Å². The minimum Gasteiger partial charge on any atom is -0.489 e. The van der Waals surface area contributed by atoms with Gasteiger partial charge in [-0.2, -0.15) is 14.5 Å². The fraction of sp³-hybridized carbons (Fsp3) is 0.292. The van der Waals surface area contributed by atoms with Crippen molar-refractivity contribution in [2.24, 2.45) is 12.2 Å². The van der Waals surface area contributed by atoms with Crippen LogP contribution in [0.15, 0.2) is 46.3 Å². The zero-order valence-corrected chi connectivity index (χ0v) is 19.8. The average molecular weight is 462 g/mol. The Morgan fingerprint density at radius 3 is 2.56 bits per heavy atom. The lowest BCUT2D eigenvalue weighted by molar-refractivity contribution is 0.302. The van der Waals surface area contributed by atoms with Crippen LogP contribution in [0.5, 0.6) is 5.75 Å². The third kappa shape index (κ3) is 4.09. The molecular weight excluding hydrogens is 434 g/mol. The monoisotopic (exact) mass is 461 g/mol. The minimum atomic E-state index is -0.314. The number of aryl methyl sites for hydroxylation is 4. The number of benzene rings is 2. The molecule has 0 unspecified atom stereocenters. The lowest BCUT2D eigenvalue weighted by Gasteiger charge is -2.16. The van der Waals surface area contributed by atoms with E-state index in [9.17, 15) is 4.79 Å². The SMILES string of the molecule is CCc1cccc(-n2nnn(C)c2=O)c1COc1ccc(-n2nc(C)c(/C=N/O)c2C)cc1C. The Morgan fingerprint density at radius 2 is 1.91 bits per heavy atom. The smallest absolute Gasteiger partial charge is 0.368 e. The average Bonchev–Trinajstić information content (AvgIpc) is 3.31. The fourth-order valence-corrected chi connectivity index (χ4v) is 4.01. The molecule has 10 nitrogen and oxygen atoms in total. The number of oxime groups is 1. The molecule has 0 fully saturated rings. The van der Waals surface area contributed by atoms with Gasteiger partial charge >= 0.3 is 5.69 Å². The van der Waals surface area contributed by atoms with Crippen LogP contribution in [0.3, 0.4) is 0 Å². The summed E-state index contributed by atoms with van der Waals surface area (Å²) in [6.07, 6.45) is 2.18. The quantitative estimate of drug-likeness (QED) is 0.257. The molecule has 0 saturated carbocycles. The van der Waals surface area contributed by atoms with Crippen molar-refractivity contribution in [1.82, 2.24) is 29.6 Å². The molecule has 0 aliphatic carbocycles. The minimum absolute atomic E-state index is 0.277. The van der Waals surface area contributed by atoms with E-state index in [0.717, 1.165) is 51.5 Å². The summed E-state index contributed by atoms with van der Waals surface area (Å²) in [5, 5.41) is 24.5. The van der Waals surface area contributed by atoms with Gasteiger partial charge < -0.3 is 9.94 Å². The molecule has 0 saturated heterocycles. The van der Waals surface area contributed by atoms with Gasteiger partial charge in [0.05, 0.1) is 29.0 Å². The maximum absolute atomic E-state index is 12.4. The highest BCUT2D eigenvalue weighted by Crippen LogP contribution is 2.26. The van der Waals surface area contributed by atoms with E-state index in [0.29, 0.717) is 5.69 Å². The molecule has 2 heterocycles. The molecule has 4 rings (SSSR count). The predicted molar refractivity (Wildman–Crippen MR) is 127 cm³/mol. The van der Waals surface area contributed by atoms with Crippen LogP contribution < -0.4 is 10.4 Å². The van der Waals surface area contributed by atoms with E-state index in [1.165, 1.54) is 15.6 Å². The molecule has 0 spiro atoms. The van der Waals surface area contributed by atoms with Gasteiger partial charge in [-0.3, -0.25) is 0 Å². The van der Waals surface area contributed by atoms with Crippen LogP contribution in [0, 0.1) is 20.8 Å². The van der Waals surface area contributed by atoms with Gasteiger partial charge in [-0.15, -0.1) is 0 Å². The summed E-state index contributed by atoms with van der Waals surface area (Å²) in [6, 6.07) is 11.6. The summed E-state index contributed by atoms with van der Waals surface area (Å²) in [4.78, 5) is 12.4. The topological polar surface area (TPSA) is 112 Å². The summed E-state index contributed by atoms with van der Waals surface area (Å²) in [5.74, 6) is 0.728. The molecule has 0 bridgehead atoms. The largest absolute Gasteiger partial charge is 0.489 e. The summed E-state index contributed by atoms with van der Waals surface area (Å²) in [7, 11) is 1.57. The van der Waals surface area contributed by atoms with Crippen molar-refractivity contribution in [3.8, 4) is 17.1 Å². The molecule has 0 aliphatic heterocycles. The fourth-order valence-electron chi connectivity index (χ4n) is 4.01. The van der Waals surface area contributed by atoms with E-state index in [1.54, 1.807) is 7.05 Å². The molecule has 0 atom stereocenters. The molecule has 176 valence electrons. The highest BCUT2D eigenvalue weighted by Gasteiger charge is 2.16. The van der Waals surface area contributed by atoms with E-state index in [1.807, 2.05) is 61.9 Å². The number of nitrogens with zero attached hydrogens (tertiary/aromatic N) is 7. The first-order chi connectivity index (χ1) is 16.3. The summed E-state index contributed by atoms with van der Waals surface area (Å²) in [5.41, 5.74) is 6.56. The molecule has 4 aromatic rings. The second-order valence-corrected chi connectivity index (χ2v) is 8.04. The summed E-state index contributed by atoms with van der Waals surface area (Å²) < 4.78 is 10.5. The molecule has 10 heteroatoms. The third-order valence-corrected chi connectivity index (χ3v) is 5.89. The molecule has 0 aliphatic rings. The Labute approximate surface area is 196 Å². The number of ether oxygens (including phenoxy) is 1. The van der Waals surface area contributed by atoms with Crippen molar-refractivity contribution in [2.45, 2.75) is 40.7 Å². The van der Waals surface area contributed by atoms with Gasteiger partial charge in [-0.1, -0.05) is 24.2 Å². The highest BCUT2D eigenvalue weighted by atomic mass is 16.5. The van der Waals surface area contributed by atoms with Crippen molar-refractivity contribution in [3.63, 3.8) is 0 Å². The Morgan fingerprint density at radius 1 is 1.12 bits per heavy atom. The van der Waals surface area contributed by atoms with Crippen molar-refractivity contribution < 1.29 is 9.94 Å². The number of aromatic nitrogens is 6. The predicted octanol–water partition coefficient (Wildman–Crippen LogP) is 3.03. The van der Waals surface area contributed by atoms with Gasteiger partial charge in [-0.25, -0.2) is 9.48 Å². The van der Waals surface area contributed by atoms with Crippen molar-refractivity contribution in [3.05, 3.63) is 80.5 Å². The van der Waals surface area contributed by atoms with E-state index >= 15 is 0 Å².